The Hall–Kier alpha value is 0.360. The van der Waals surface area contributed by atoms with Crippen LogP contribution in [0, 0.1) is 0 Å². The Morgan fingerprint density at radius 3 is 1.25 bits per heavy atom. The maximum Gasteiger partial charge on any atom is 0.0865 e. The van der Waals surface area contributed by atoms with Gasteiger partial charge in [-0.25, -0.2) is 4.20 Å². The third-order valence-electron chi connectivity index (χ3n) is 0.987. The average molecular weight is 136 g/mol. The molecule has 0 rings (SSSR count). The average Bonchev–Trinajstić information content (AvgIpc) is 1.64. The van der Waals surface area contributed by atoms with Gasteiger partial charge < -0.3 is 0 Å². The van der Waals surface area contributed by atoms with Gasteiger partial charge in [-0.15, -0.1) is 0 Å². The monoisotopic (exact) mass is 136 g/mol. The van der Waals surface area contributed by atoms with E-state index in [9.17, 15) is 4.20 Å². The molecular formula is C6H14FP. The molecule has 0 aromatic heterocycles. The Morgan fingerprint density at radius 2 is 1.25 bits per heavy atom. The molecule has 0 saturated carbocycles. The molecule has 0 nitrogen and oxygen atoms in total. The van der Waals surface area contributed by atoms with Crippen molar-refractivity contribution in [1.82, 2.24) is 0 Å². The van der Waals surface area contributed by atoms with E-state index in [-0.39, 0.29) is 11.3 Å². The zero-order valence-electron chi connectivity index (χ0n) is 5.98. The number of hydrogen-bond acceptors (Lipinski definition) is 0. The van der Waals surface area contributed by atoms with Crippen molar-refractivity contribution in [3.63, 3.8) is 0 Å². The molecular weight excluding hydrogens is 122 g/mol. The van der Waals surface area contributed by atoms with Gasteiger partial charge in [0.2, 0.25) is 0 Å². The third kappa shape index (κ3) is 2.61. The van der Waals surface area contributed by atoms with Crippen LogP contribution in [0.4, 0.5) is 4.20 Å². The fourth-order valence-corrected chi connectivity index (χ4v) is 1.79. The Labute approximate surface area is 52.4 Å². The summed E-state index contributed by atoms with van der Waals surface area (Å²) in [5.41, 5.74) is 0.481. The van der Waals surface area contributed by atoms with E-state index in [1.807, 2.05) is 27.7 Å². The van der Waals surface area contributed by atoms with E-state index < -0.39 is 8.23 Å². The molecule has 0 unspecified atom stereocenters. The van der Waals surface area contributed by atoms with E-state index in [0.29, 0.717) is 0 Å². The lowest BCUT2D eigenvalue weighted by Crippen LogP contribution is -1.97. The van der Waals surface area contributed by atoms with E-state index in [1.165, 1.54) is 0 Å². The lowest BCUT2D eigenvalue weighted by Gasteiger charge is -2.13. The van der Waals surface area contributed by atoms with Gasteiger partial charge in [0.05, 0.1) is 8.23 Å². The molecule has 0 amide bonds. The van der Waals surface area contributed by atoms with E-state index in [2.05, 4.69) is 0 Å². The molecule has 2 heteroatoms. The maximum absolute atomic E-state index is 12.7. The molecule has 0 spiro atoms. The van der Waals surface area contributed by atoms with Gasteiger partial charge in [-0.1, -0.05) is 27.7 Å². The van der Waals surface area contributed by atoms with Crippen molar-refractivity contribution in [1.29, 1.82) is 0 Å². The van der Waals surface area contributed by atoms with Crippen LogP contribution in [0.25, 0.3) is 0 Å². The summed E-state index contributed by atoms with van der Waals surface area (Å²) in [6.45, 7) is 7.74. The SMILES string of the molecule is CC(C)P(F)C(C)C. The molecule has 0 aromatic carbocycles. The summed E-state index contributed by atoms with van der Waals surface area (Å²) in [6, 6.07) is 0. The van der Waals surface area contributed by atoms with Gasteiger partial charge >= 0.3 is 0 Å². The Balaban J connectivity index is 3.46. The molecule has 8 heavy (non-hydrogen) atoms. The van der Waals surface area contributed by atoms with E-state index in [4.69, 9.17) is 0 Å². The summed E-state index contributed by atoms with van der Waals surface area (Å²) in [5.74, 6) is 0. The van der Waals surface area contributed by atoms with E-state index in [1.54, 1.807) is 0 Å². The lowest BCUT2D eigenvalue weighted by atomic mass is 10.5. The number of halogens is 1. The molecule has 0 aliphatic rings. The van der Waals surface area contributed by atoms with Crippen LogP contribution in [-0.4, -0.2) is 11.3 Å². The van der Waals surface area contributed by atoms with Gasteiger partial charge in [0.1, 0.15) is 0 Å². The van der Waals surface area contributed by atoms with Gasteiger partial charge in [-0.3, -0.25) is 0 Å². The first-order chi connectivity index (χ1) is 3.55. The van der Waals surface area contributed by atoms with Gasteiger partial charge in [-0.2, -0.15) is 0 Å². The summed E-state index contributed by atoms with van der Waals surface area (Å²) in [5, 5.41) is 0. The minimum atomic E-state index is -1.20. The molecule has 0 radical (unpaired) electrons. The first-order valence-electron chi connectivity index (χ1n) is 2.99. The topological polar surface area (TPSA) is 0 Å². The zero-order chi connectivity index (χ0) is 6.73. The normalized spacial score (nSPS) is 12.0. The van der Waals surface area contributed by atoms with Crippen LogP contribution < -0.4 is 0 Å². The van der Waals surface area contributed by atoms with Crippen molar-refractivity contribution in [3.05, 3.63) is 0 Å². The largest absolute Gasteiger partial charge is 0.227 e. The second-order valence-electron chi connectivity index (χ2n) is 2.53. The van der Waals surface area contributed by atoms with Crippen LogP contribution in [0.3, 0.4) is 0 Å². The smallest absolute Gasteiger partial charge is 0.0865 e. The van der Waals surface area contributed by atoms with Gasteiger partial charge in [0, 0.05) is 11.3 Å². The van der Waals surface area contributed by atoms with Crippen LogP contribution >= 0.6 is 8.23 Å². The highest BCUT2D eigenvalue weighted by Gasteiger charge is 2.14. The highest BCUT2D eigenvalue weighted by atomic mass is 31.2. The van der Waals surface area contributed by atoms with Crippen LogP contribution in [0.5, 0.6) is 0 Å². The van der Waals surface area contributed by atoms with Gasteiger partial charge in [-0.05, 0) is 0 Å². The second kappa shape index (κ2) is 3.40. The maximum atomic E-state index is 12.7. The molecule has 0 N–H and O–H groups in total. The summed E-state index contributed by atoms with van der Waals surface area (Å²) >= 11 is 0. The van der Waals surface area contributed by atoms with Crippen molar-refractivity contribution in [2.45, 2.75) is 39.0 Å². The highest BCUT2D eigenvalue weighted by Crippen LogP contribution is 2.46. The zero-order valence-corrected chi connectivity index (χ0v) is 6.87. The highest BCUT2D eigenvalue weighted by molar-refractivity contribution is 7.53. The Bertz CT molecular complexity index is 53.5. The first kappa shape index (κ1) is 8.36. The van der Waals surface area contributed by atoms with Crippen molar-refractivity contribution in [2.24, 2.45) is 0 Å². The Kier molecular flexibility index (Phi) is 3.55. The van der Waals surface area contributed by atoms with Crippen molar-refractivity contribution in [2.75, 3.05) is 0 Å². The van der Waals surface area contributed by atoms with Gasteiger partial charge in [0.25, 0.3) is 0 Å². The van der Waals surface area contributed by atoms with Crippen LogP contribution in [0.2, 0.25) is 0 Å². The van der Waals surface area contributed by atoms with E-state index in [0.717, 1.165) is 0 Å². The number of hydrogen-bond donors (Lipinski definition) is 0. The van der Waals surface area contributed by atoms with Crippen LogP contribution in [0.15, 0.2) is 0 Å². The molecule has 0 bridgehead atoms. The quantitative estimate of drug-likeness (QED) is 0.511. The minimum Gasteiger partial charge on any atom is -0.227 e. The van der Waals surface area contributed by atoms with Crippen molar-refractivity contribution >= 4 is 8.23 Å². The Morgan fingerprint density at radius 1 is 1.00 bits per heavy atom. The molecule has 0 atom stereocenters. The summed E-state index contributed by atoms with van der Waals surface area (Å²) in [6.07, 6.45) is 0. The predicted octanol–water partition coefficient (Wildman–Crippen LogP) is 3.17. The molecule has 0 aliphatic carbocycles. The summed E-state index contributed by atoms with van der Waals surface area (Å²) in [7, 11) is -1.20. The van der Waals surface area contributed by atoms with Crippen molar-refractivity contribution < 1.29 is 4.20 Å². The molecule has 0 fully saturated rings. The second-order valence-corrected chi connectivity index (χ2v) is 5.29. The van der Waals surface area contributed by atoms with Crippen LogP contribution in [-0.2, 0) is 0 Å². The molecule has 0 saturated heterocycles. The number of rotatable bonds is 2. The molecule has 0 heterocycles. The summed E-state index contributed by atoms with van der Waals surface area (Å²) in [4.78, 5) is 0. The standard InChI is InChI=1S/C6H14FP/c1-5(2)8(7)6(3)4/h5-6H,1-4H3. The van der Waals surface area contributed by atoms with Crippen molar-refractivity contribution in [3.8, 4) is 0 Å². The lowest BCUT2D eigenvalue weighted by molar-refractivity contribution is 0.813. The third-order valence-corrected chi connectivity index (χ3v) is 2.96. The molecule has 0 aliphatic heterocycles. The first-order valence-corrected chi connectivity index (χ1v) is 4.37. The fourth-order valence-electron chi connectivity index (χ4n) is 0.596. The fraction of sp³-hybridized carbons (Fsp3) is 1.00. The molecule has 0 aromatic rings. The van der Waals surface area contributed by atoms with Gasteiger partial charge in [0.15, 0.2) is 0 Å². The van der Waals surface area contributed by atoms with Crippen LogP contribution in [0.1, 0.15) is 27.7 Å². The minimum absolute atomic E-state index is 0.241. The predicted molar refractivity (Wildman–Crippen MR) is 38.3 cm³/mol. The molecule has 50 valence electrons. The van der Waals surface area contributed by atoms with E-state index >= 15 is 0 Å². The summed E-state index contributed by atoms with van der Waals surface area (Å²) < 4.78 is 12.7.